The van der Waals surface area contributed by atoms with Gasteiger partial charge in [0.25, 0.3) is 0 Å². The van der Waals surface area contributed by atoms with Gasteiger partial charge in [-0.3, -0.25) is 14.4 Å². The van der Waals surface area contributed by atoms with Crippen molar-refractivity contribution in [3.8, 4) is 0 Å². The van der Waals surface area contributed by atoms with Crippen LogP contribution in [0.2, 0.25) is 6.82 Å². The van der Waals surface area contributed by atoms with Gasteiger partial charge in [0.1, 0.15) is 5.60 Å². The Bertz CT molecular complexity index is 1330. The van der Waals surface area contributed by atoms with Gasteiger partial charge >= 0.3 is 13.1 Å². The Balaban J connectivity index is 1.47. The molecular formula is C30H39BF3N5O5. The number of nitrogens with zero attached hydrogens (tertiary/aromatic N) is 1. The topological polar surface area (TPSA) is 163 Å². The Morgan fingerprint density at radius 3 is 2.25 bits per heavy atom. The third kappa shape index (κ3) is 7.85. The third-order valence-electron chi connectivity index (χ3n) is 8.08. The molecule has 2 amide bonds. The summed E-state index contributed by atoms with van der Waals surface area (Å²) in [6.45, 7) is 3.85. The standard InChI is InChI=1S/C30H39BF3N5O5/c1-31-23-14-20(4-7-22(23)29(44-31)17-43-18-29)16-26(40)25(15-19-2-5-21(6-3-19)30(32,33)34)38-28(42)24(37)8-9-27(41)39(12-10-35)13-11-36/h2-7,14,24-25H,8-13,15-18,35-37H2,1H3,(H,38,42)/t24-,25+/m0/s1. The van der Waals surface area contributed by atoms with Gasteiger partial charge in [-0.15, -0.1) is 0 Å². The second kappa shape index (κ2) is 14.2. The third-order valence-corrected chi connectivity index (χ3v) is 8.08. The number of amides is 2. The van der Waals surface area contributed by atoms with Crippen LogP contribution in [0.1, 0.15) is 35.1 Å². The van der Waals surface area contributed by atoms with Gasteiger partial charge in [-0.05, 0) is 47.1 Å². The molecule has 0 aromatic heterocycles. The monoisotopic (exact) mass is 617 g/mol. The molecule has 1 fully saturated rings. The molecule has 10 nitrogen and oxygen atoms in total. The highest BCUT2D eigenvalue weighted by atomic mass is 19.4. The molecule has 2 aliphatic heterocycles. The second-order valence-electron chi connectivity index (χ2n) is 11.4. The number of alkyl halides is 3. The molecule has 0 aliphatic carbocycles. The highest BCUT2D eigenvalue weighted by molar-refractivity contribution is 6.68. The fourth-order valence-corrected chi connectivity index (χ4v) is 5.60. The van der Waals surface area contributed by atoms with Crippen LogP contribution in [0.5, 0.6) is 0 Å². The number of nitrogens with one attached hydrogen (secondary N) is 1. The smallest absolute Gasteiger partial charge is 0.416 e. The van der Waals surface area contributed by atoms with E-state index >= 15 is 0 Å². The Morgan fingerprint density at radius 1 is 1.05 bits per heavy atom. The largest absolute Gasteiger partial charge is 0.418 e. The van der Waals surface area contributed by atoms with Crippen LogP contribution in [0.25, 0.3) is 0 Å². The molecular weight excluding hydrogens is 578 g/mol. The van der Waals surface area contributed by atoms with Gasteiger partial charge in [0.15, 0.2) is 5.78 Å². The maximum atomic E-state index is 13.6. The molecule has 1 saturated heterocycles. The summed E-state index contributed by atoms with van der Waals surface area (Å²) in [5, 5.41) is 2.68. The highest BCUT2D eigenvalue weighted by Gasteiger charge is 2.50. The molecule has 2 heterocycles. The highest BCUT2D eigenvalue weighted by Crippen LogP contribution is 2.38. The molecule has 2 aliphatic rings. The summed E-state index contributed by atoms with van der Waals surface area (Å²) < 4.78 is 50.8. The molecule has 2 atom stereocenters. The van der Waals surface area contributed by atoms with Crippen molar-refractivity contribution in [2.45, 2.75) is 56.4 Å². The quantitative estimate of drug-likeness (QED) is 0.223. The molecule has 0 radical (unpaired) electrons. The Hall–Kier alpha value is -3.30. The molecule has 4 rings (SSSR count). The number of Topliss-reactive ketones (excluding diaryl/α,β-unsaturated/α-hetero) is 1. The molecule has 0 saturated carbocycles. The zero-order valence-corrected chi connectivity index (χ0v) is 24.7. The number of carbonyl (C=O) groups excluding carboxylic acids is 3. The lowest BCUT2D eigenvalue weighted by molar-refractivity contribution is -0.164. The predicted molar refractivity (Wildman–Crippen MR) is 159 cm³/mol. The number of fused-ring (bicyclic) bond motifs is 2. The van der Waals surface area contributed by atoms with Gasteiger partial charge in [0.05, 0.1) is 30.9 Å². The van der Waals surface area contributed by atoms with E-state index in [2.05, 4.69) is 5.32 Å². The molecule has 0 unspecified atom stereocenters. The number of hydrogen-bond acceptors (Lipinski definition) is 8. The minimum atomic E-state index is -4.51. The van der Waals surface area contributed by atoms with E-state index in [0.717, 1.165) is 23.2 Å². The van der Waals surface area contributed by atoms with E-state index in [4.69, 9.17) is 26.6 Å². The fraction of sp³-hybridized carbons (Fsp3) is 0.500. The van der Waals surface area contributed by atoms with Gasteiger partial charge in [-0.25, -0.2) is 0 Å². The Morgan fingerprint density at radius 2 is 1.68 bits per heavy atom. The minimum absolute atomic E-state index is 0.0195. The van der Waals surface area contributed by atoms with E-state index in [0.29, 0.717) is 37.4 Å². The van der Waals surface area contributed by atoms with E-state index < -0.39 is 35.3 Å². The van der Waals surface area contributed by atoms with Crippen LogP contribution in [-0.2, 0) is 48.4 Å². The molecule has 2 aromatic rings. The van der Waals surface area contributed by atoms with Crippen LogP contribution in [0, 0.1) is 0 Å². The van der Waals surface area contributed by atoms with Crippen molar-refractivity contribution in [1.29, 1.82) is 0 Å². The van der Waals surface area contributed by atoms with Crippen LogP contribution in [0.15, 0.2) is 42.5 Å². The summed E-state index contributed by atoms with van der Waals surface area (Å²) in [5.74, 6) is -1.23. The first kappa shape index (κ1) is 33.6. The van der Waals surface area contributed by atoms with Crippen LogP contribution in [-0.4, -0.2) is 80.9 Å². The lowest BCUT2D eigenvalue weighted by Gasteiger charge is -2.39. The molecule has 44 heavy (non-hydrogen) atoms. The van der Waals surface area contributed by atoms with Crippen LogP contribution >= 0.6 is 0 Å². The number of ketones is 1. The van der Waals surface area contributed by atoms with Crippen molar-refractivity contribution >= 4 is 30.0 Å². The van der Waals surface area contributed by atoms with Crippen molar-refractivity contribution in [1.82, 2.24) is 10.2 Å². The van der Waals surface area contributed by atoms with E-state index in [1.165, 1.54) is 17.0 Å². The molecule has 238 valence electrons. The van der Waals surface area contributed by atoms with Crippen molar-refractivity contribution in [3.05, 3.63) is 64.7 Å². The summed E-state index contributed by atoms with van der Waals surface area (Å²) >= 11 is 0. The number of halogens is 3. The Labute approximate surface area is 254 Å². The number of hydrogen-bond donors (Lipinski definition) is 4. The predicted octanol–water partition coefficient (Wildman–Crippen LogP) is 0.482. The summed E-state index contributed by atoms with van der Waals surface area (Å²) in [4.78, 5) is 40.8. The van der Waals surface area contributed by atoms with E-state index in [-0.39, 0.29) is 57.4 Å². The maximum absolute atomic E-state index is 13.6. The number of benzene rings is 2. The molecule has 1 spiro atoms. The van der Waals surface area contributed by atoms with E-state index in [1.54, 1.807) is 0 Å². The number of rotatable bonds is 14. The Kier molecular flexibility index (Phi) is 10.8. The molecule has 0 bridgehead atoms. The fourth-order valence-electron chi connectivity index (χ4n) is 5.60. The molecule has 14 heteroatoms. The summed E-state index contributed by atoms with van der Waals surface area (Å²) in [7, 11) is 0. The van der Waals surface area contributed by atoms with Gasteiger partial charge in [0.2, 0.25) is 11.8 Å². The molecule has 7 N–H and O–H groups in total. The average Bonchev–Trinajstić information content (AvgIpc) is 3.27. The SMILES string of the molecule is CB1OC2(COC2)c2ccc(CC(=O)[C@@H](Cc3ccc(C(F)(F)F)cc3)NC(=O)[C@@H](N)CCC(=O)N(CCN)CCN)cc21. The molecule has 2 aromatic carbocycles. The van der Waals surface area contributed by atoms with Gasteiger partial charge in [-0.1, -0.05) is 37.2 Å². The normalized spacial score (nSPS) is 16.7. The average molecular weight is 617 g/mol. The lowest BCUT2D eigenvalue weighted by Crippen LogP contribution is -2.50. The summed E-state index contributed by atoms with van der Waals surface area (Å²) in [6, 6.07) is 7.95. The zero-order valence-electron chi connectivity index (χ0n) is 24.7. The lowest BCUT2D eigenvalue weighted by atomic mass is 9.63. The van der Waals surface area contributed by atoms with Crippen molar-refractivity contribution in [2.24, 2.45) is 17.2 Å². The van der Waals surface area contributed by atoms with Gasteiger partial charge < -0.3 is 36.8 Å². The summed E-state index contributed by atoms with van der Waals surface area (Å²) in [6.07, 6.45) is -4.58. The zero-order chi connectivity index (χ0) is 32.1. The first-order chi connectivity index (χ1) is 20.9. The van der Waals surface area contributed by atoms with Crippen molar-refractivity contribution in [2.75, 3.05) is 39.4 Å². The minimum Gasteiger partial charge on any atom is -0.418 e. The first-order valence-electron chi connectivity index (χ1n) is 14.7. The maximum Gasteiger partial charge on any atom is 0.416 e. The van der Waals surface area contributed by atoms with Crippen molar-refractivity contribution < 1.29 is 36.9 Å². The van der Waals surface area contributed by atoms with Crippen LogP contribution in [0.4, 0.5) is 13.2 Å². The summed E-state index contributed by atoms with van der Waals surface area (Å²) in [5.41, 5.74) is 19.1. The number of carbonyl (C=O) groups is 3. The van der Waals surface area contributed by atoms with E-state index in [9.17, 15) is 27.6 Å². The number of ether oxygens (including phenoxy) is 1. The van der Waals surface area contributed by atoms with Crippen LogP contribution < -0.4 is 28.0 Å². The van der Waals surface area contributed by atoms with Gasteiger partial charge in [-0.2, -0.15) is 13.2 Å². The van der Waals surface area contributed by atoms with E-state index in [1.807, 2.05) is 25.0 Å². The van der Waals surface area contributed by atoms with Crippen LogP contribution in [0.3, 0.4) is 0 Å². The first-order valence-corrected chi connectivity index (χ1v) is 14.7. The van der Waals surface area contributed by atoms with Crippen molar-refractivity contribution in [3.63, 3.8) is 0 Å². The van der Waals surface area contributed by atoms with Gasteiger partial charge in [0, 0.05) is 39.0 Å². The second-order valence-corrected chi connectivity index (χ2v) is 11.4. The number of nitrogens with two attached hydrogens (primary N) is 3.